The van der Waals surface area contributed by atoms with Gasteiger partial charge in [0.1, 0.15) is 5.78 Å². The van der Waals surface area contributed by atoms with Gasteiger partial charge in [-0.3, -0.25) is 4.79 Å². The molecule has 3 heteroatoms. The van der Waals surface area contributed by atoms with Gasteiger partial charge in [0.2, 0.25) is 0 Å². The second kappa shape index (κ2) is 4.45. The molecule has 1 heterocycles. The van der Waals surface area contributed by atoms with Crippen LogP contribution in [0.15, 0.2) is 22.7 Å². The maximum absolute atomic E-state index is 11.5. The molecule has 2 rings (SSSR count). The van der Waals surface area contributed by atoms with Crippen molar-refractivity contribution in [3.8, 4) is 0 Å². The summed E-state index contributed by atoms with van der Waals surface area (Å²) in [6.07, 6.45) is 1.31. The fourth-order valence-corrected chi connectivity index (χ4v) is 2.73. The lowest BCUT2D eigenvalue weighted by Gasteiger charge is -2.43. The smallest absolute Gasteiger partial charge is 0.136 e. The van der Waals surface area contributed by atoms with Gasteiger partial charge in [0.15, 0.2) is 0 Å². The summed E-state index contributed by atoms with van der Waals surface area (Å²) in [6, 6.07) is 6.38. The molecule has 0 radical (unpaired) electrons. The van der Waals surface area contributed by atoms with Crippen LogP contribution < -0.4 is 4.90 Å². The van der Waals surface area contributed by atoms with Crippen molar-refractivity contribution in [3.63, 3.8) is 0 Å². The van der Waals surface area contributed by atoms with Crippen LogP contribution in [0, 0.1) is 6.92 Å². The molecule has 1 aliphatic rings. The van der Waals surface area contributed by atoms with Gasteiger partial charge in [0, 0.05) is 35.1 Å². The number of carbonyl (C=O) groups excluding carboxylic acids is 1. The summed E-state index contributed by atoms with van der Waals surface area (Å²) in [7, 11) is 0. The van der Waals surface area contributed by atoms with E-state index in [0.29, 0.717) is 18.6 Å². The minimum Gasteiger partial charge on any atom is -0.366 e. The Kier molecular flexibility index (Phi) is 3.30. The van der Waals surface area contributed by atoms with Crippen LogP contribution in [0.25, 0.3) is 0 Å². The number of aryl methyl sites for hydroxylation is 1. The van der Waals surface area contributed by atoms with E-state index < -0.39 is 0 Å². The summed E-state index contributed by atoms with van der Waals surface area (Å²) in [5.41, 5.74) is 2.37. The number of ketones is 1. The predicted molar refractivity (Wildman–Crippen MR) is 74.5 cm³/mol. The number of piperidine rings is 1. The lowest BCUT2D eigenvalue weighted by atomic mass is 9.89. The molecule has 1 aromatic rings. The molecule has 0 saturated carbocycles. The number of rotatable bonds is 1. The Morgan fingerprint density at radius 2 is 2.06 bits per heavy atom. The molecule has 0 amide bonds. The maximum atomic E-state index is 11.5. The first-order chi connectivity index (χ1) is 7.90. The third kappa shape index (κ3) is 2.54. The zero-order chi connectivity index (χ0) is 12.6. The molecule has 0 spiro atoms. The monoisotopic (exact) mass is 295 g/mol. The van der Waals surface area contributed by atoms with E-state index in [-0.39, 0.29) is 5.54 Å². The maximum Gasteiger partial charge on any atom is 0.136 e. The number of hydrogen-bond acceptors (Lipinski definition) is 2. The number of nitrogens with zero attached hydrogens (tertiary/aromatic N) is 1. The largest absolute Gasteiger partial charge is 0.366 e. The molecule has 1 aliphatic heterocycles. The number of anilines is 1. The molecule has 0 unspecified atom stereocenters. The number of carbonyl (C=O) groups is 1. The Labute approximate surface area is 111 Å². The molecular weight excluding hydrogens is 278 g/mol. The van der Waals surface area contributed by atoms with Crippen molar-refractivity contribution >= 4 is 27.4 Å². The highest BCUT2D eigenvalue weighted by Gasteiger charge is 2.33. The number of halogens is 1. The van der Waals surface area contributed by atoms with E-state index in [1.165, 1.54) is 11.3 Å². The second-order valence-corrected chi connectivity index (χ2v) is 6.22. The Hall–Kier alpha value is -0.830. The summed E-state index contributed by atoms with van der Waals surface area (Å²) in [4.78, 5) is 13.9. The van der Waals surface area contributed by atoms with Gasteiger partial charge < -0.3 is 4.90 Å². The first-order valence-electron chi connectivity index (χ1n) is 5.96. The molecule has 1 saturated heterocycles. The zero-order valence-corrected chi connectivity index (χ0v) is 12.2. The van der Waals surface area contributed by atoms with E-state index in [1.54, 1.807) is 0 Å². The van der Waals surface area contributed by atoms with Gasteiger partial charge >= 0.3 is 0 Å². The van der Waals surface area contributed by atoms with Crippen LogP contribution >= 0.6 is 15.9 Å². The molecule has 0 bridgehead atoms. The first kappa shape index (κ1) is 12.6. The molecule has 0 aliphatic carbocycles. The molecule has 92 valence electrons. The van der Waals surface area contributed by atoms with Crippen LogP contribution in [0.5, 0.6) is 0 Å². The molecule has 0 N–H and O–H groups in total. The topological polar surface area (TPSA) is 20.3 Å². The highest BCUT2D eigenvalue weighted by molar-refractivity contribution is 9.10. The SMILES string of the molecule is Cc1cc(N2CCC(=O)CC2(C)C)ccc1Br. The van der Waals surface area contributed by atoms with Gasteiger partial charge in [0.05, 0.1) is 0 Å². The molecule has 0 aromatic heterocycles. The summed E-state index contributed by atoms with van der Waals surface area (Å²) >= 11 is 3.52. The van der Waals surface area contributed by atoms with E-state index >= 15 is 0 Å². The minimum absolute atomic E-state index is 0.0738. The Bertz CT molecular complexity index is 454. The lowest BCUT2D eigenvalue weighted by Crippen LogP contribution is -2.50. The zero-order valence-electron chi connectivity index (χ0n) is 10.6. The Balaban J connectivity index is 2.32. The summed E-state index contributed by atoms with van der Waals surface area (Å²) in [6.45, 7) is 7.20. The Morgan fingerprint density at radius 3 is 2.65 bits per heavy atom. The van der Waals surface area contributed by atoms with Crippen LogP contribution in [0.1, 0.15) is 32.3 Å². The second-order valence-electron chi connectivity index (χ2n) is 5.36. The first-order valence-corrected chi connectivity index (χ1v) is 6.75. The molecular formula is C14H18BrNO. The third-order valence-corrected chi connectivity index (χ3v) is 4.32. The van der Waals surface area contributed by atoms with Crippen LogP contribution in [-0.2, 0) is 4.79 Å². The van der Waals surface area contributed by atoms with Crippen molar-refractivity contribution < 1.29 is 4.79 Å². The average Bonchev–Trinajstić information content (AvgIpc) is 2.21. The van der Waals surface area contributed by atoms with Crippen molar-refractivity contribution in [2.75, 3.05) is 11.4 Å². The molecule has 2 nitrogen and oxygen atoms in total. The van der Waals surface area contributed by atoms with E-state index in [4.69, 9.17) is 0 Å². The standard InChI is InChI=1S/C14H18BrNO/c1-10-8-11(4-5-13(10)15)16-7-6-12(17)9-14(16,2)3/h4-5,8H,6-7,9H2,1-3H3. The fraction of sp³-hybridized carbons (Fsp3) is 0.500. The van der Waals surface area contributed by atoms with E-state index in [2.05, 4.69) is 59.8 Å². The molecule has 0 atom stereocenters. The van der Waals surface area contributed by atoms with E-state index in [0.717, 1.165) is 11.0 Å². The van der Waals surface area contributed by atoms with E-state index in [9.17, 15) is 4.79 Å². The van der Waals surface area contributed by atoms with Crippen molar-refractivity contribution in [2.45, 2.75) is 39.2 Å². The fourth-order valence-electron chi connectivity index (χ4n) is 2.48. The quantitative estimate of drug-likeness (QED) is 0.787. The highest BCUT2D eigenvalue weighted by atomic mass is 79.9. The van der Waals surface area contributed by atoms with Crippen molar-refractivity contribution in [1.29, 1.82) is 0 Å². The highest BCUT2D eigenvalue weighted by Crippen LogP contribution is 2.32. The number of benzene rings is 1. The van der Waals surface area contributed by atoms with Crippen molar-refractivity contribution in [2.24, 2.45) is 0 Å². The van der Waals surface area contributed by atoms with Gasteiger partial charge in [0.25, 0.3) is 0 Å². The van der Waals surface area contributed by atoms with Gasteiger partial charge in [-0.25, -0.2) is 0 Å². The van der Waals surface area contributed by atoms with Crippen LogP contribution in [0.4, 0.5) is 5.69 Å². The average molecular weight is 296 g/mol. The Morgan fingerprint density at radius 1 is 1.35 bits per heavy atom. The van der Waals surface area contributed by atoms with Gasteiger partial charge in [-0.15, -0.1) is 0 Å². The van der Waals surface area contributed by atoms with Crippen LogP contribution in [0.2, 0.25) is 0 Å². The normalized spacial score (nSPS) is 19.5. The molecule has 17 heavy (non-hydrogen) atoms. The van der Waals surface area contributed by atoms with E-state index in [1.807, 2.05) is 0 Å². The number of hydrogen-bond donors (Lipinski definition) is 0. The summed E-state index contributed by atoms with van der Waals surface area (Å²) in [5, 5.41) is 0. The van der Waals surface area contributed by atoms with Crippen LogP contribution in [-0.4, -0.2) is 17.9 Å². The van der Waals surface area contributed by atoms with Crippen molar-refractivity contribution in [3.05, 3.63) is 28.2 Å². The van der Waals surface area contributed by atoms with Crippen LogP contribution in [0.3, 0.4) is 0 Å². The van der Waals surface area contributed by atoms with Gasteiger partial charge in [-0.05, 0) is 44.5 Å². The minimum atomic E-state index is -0.0738. The molecule has 1 aromatic carbocycles. The third-order valence-electron chi connectivity index (χ3n) is 3.43. The van der Waals surface area contributed by atoms with Crippen molar-refractivity contribution in [1.82, 2.24) is 0 Å². The molecule has 1 fully saturated rings. The van der Waals surface area contributed by atoms with Gasteiger partial charge in [-0.1, -0.05) is 15.9 Å². The predicted octanol–water partition coefficient (Wildman–Crippen LogP) is 3.71. The summed E-state index contributed by atoms with van der Waals surface area (Å²) in [5.74, 6) is 0.375. The lowest BCUT2D eigenvalue weighted by molar-refractivity contribution is -0.121. The number of Topliss-reactive ketones (excluding diaryl/α,β-unsaturated/α-hetero) is 1. The van der Waals surface area contributed by atoms with Gasteiger partial charge in [-0.2, -0.15) is 0 Å². The summed E-state index contributed by atoms with van der Waals surface area (Å²) < 4.78 is 1.13.